The maximum atomic E-state index is 5.92. The second kappa shape index (κ2) is 5.20. The Kier molecular flexibility index (Phi) is 3.60. The van der Waals surface area contributed by atoms with E-state index < -0.39 is 0 Å². The van der Waals surface area contributed by atoms with Crippen molar-refractivity contribution in [2.24, 2.45) is 0 Å². The van der Waals surface area contributed by atoms with Crippen LogP contribution in [0.25, 0.3) is 0 Å². The number of halogens is 1. The van der Waals surface area contributed by atoms with Crippen molar-refractivity contribution in [1.29, 1.82) is 0 Å². The Hall–Kier alpha value is -0.570. The van der Waals surface area contributed by atoms with Crippen LogP contribution in [0.2, 0.25) is 5.02 Å². The number of likely N-dealkylation sites (tertiary alicyclic amines) is 1. The first kappa shape index (κ1) is 12.5. The molecule has 18 heavy (non-hydrogen) atoms. The number of benzene rings is 1. The maximum Gasteiger partial charge on any atom is 0.0406 e. The van der Waals surface area contributed by atoms with Crippen molar-refractivity contribution in [2.75, 3.05) is 13.1 Å². The van der Waals surface area contributed by atoms with Crippen molar-refractivity contribution < 1.29 is 0 Å². The molecule has 2 nitrogen and oxygen atoms in total. The zero-order valence-electron chi connectivity index (χ0n) is 10.9. The highest BCUT2D eigenvalue weighted by atomic mass is 35.5. The lowest BCUT2D eigenvalue weighted by Crippen LogP contribution is -2.34. The standard InChI is InChI=1S/C15H21ClN2/c1-11(12-2-4-13(16)5-3-12)17-14-8-9-18(10-14)15-6-7-15/h2-5,11,14-15,17H,6-10H2,1H3/t11-,14?/m0/s1. The maximum absolute atomic E-state index is 5.92. The molecule has 3 heteroatoms. The normalized spacial score (nSPS) is 26.4. The molecule has 98 valence electrons. The van der Waals surface area contributed by atoms with Crippen molar-refractivity contribution in [1.82, 2.24) is 10.2 Å². The van der Waals surface area contributed by atoms with Gasteiger partial charge in [0.25, 0.3) is 0 Å². The number of nitrogens with zero attached hydrogens (tertiary/aromatic N) is 1. The molecule has 2 fully saturated rings. The van der Waals surface area contributed by atoms with Crippen LogP contribution in [-0.4, -0.2) is 30.1 Å². The molecule has 1 saturated heterocycles. The molecule has 1 aromatic rings. The van der Waals surface area contributed by atoms with E-state index >= 15 is 0 Å². The second-order valence-corrected chi connectivity index (χ2v) is 6.09. The fraction of sp³-hybridized carbons (Fsp3) is 0.600. The number of nitrogens with one attached hydrogen (secondary N) is 1. The van der Waals surface area contributed by atoms with E-state index in [1.165, 1.54) is 37.9 Å². The minimum absolute atomic E-state index is 0.409. The smallest absolute Gasteiger partial charge is 0.0406 e. The molecule has 1 heterocycles. The molecule has 1 unspecified atom stereocenters. The summed E-state index contributed by atoms with van der Waals surface area (Å²) in [5, 5.41) is 4.55. The summed E-state index contributed by atoms with van der Waals surface area (Å²) in [6.45, 7) is 4.74. The average molecular weight is 265 g/mol. The van der Waals surface area contributed by atoms with Crippen molar-refractivity contribution in [3.05, 3.63) is 34.9 Å². The zero-order valence-corrected chi connectivity index (χ0v) is 11.7. The molecule has 0 aromatic heterocycles. The SMILES string of the molecule is C[C@H](NC1CCN(C2CC2)C1)c1ccc(Cl)cc1. The Bertz CT molecular complexity index is 399. The molecule has 1 aromatic carbocycles. The van der Waals surface area contributed by atoms with Gasteiger partial charge in [0.15, 0.2) is 0 Å². The summed E-state index contributed by atoms with van der Waals surface area (Å²) in [7, 11) is 0. The van der Waals surface area contributed by atoms with Gasteiger partial charge in [-0.05, 0) is 43.9 Å². The third-order valence-electron chi connectivity index (χ3n) is 4.14. The number of rotatable bonds is 4. The Morgan fingerprint density at radius 1 is 1.22 bits per heavy atom. The van der Waals surface area contributed by atoms with Crippen LogP contribution in [0.5, 0.6) is 0 Å². The highest BCUT2D eigenvalue weighted by Gasteiger charge is 2.34. The van der Waals surface area contributed by atoms with E-state index in [0.717, 1.165) is 11.1 Å². The fourth-order valence-electron chi connectivity index (χ4n) is 2.90. The molecule has 1 aliphatic carbocycles. The first-order valence-corrected chi connectivity index (χ1v) is 7.36. The highest BCUT2D eigenvalue weighted by Crippen LogP contribution is 2.30. The molecule has 1 N–H and O–H groups in total. The number of hydrogen-bond donors (Lipinski definition) is 1. The van der Waals surface area contributed by atoms with Gasteiger partial charge >= 0.3 is 0 Å². The van der Waals surface area contributed by atoms with Crippen LogP contribution in [0, 0.1) is 0 Å². The summed E-state index contributed by atoms with van der Waals surface area (Å²) in [4.78, 5) is 2.65. The van der Waals surface area contributed by atoms with Gasteiger partial charge in [-0.25, -0.2) is 0 Å². The third-order valence-corrected chi connectivity index (χ3v) is 4.39. The molecule has 0 radical (unpaired) electrons. The van der Waals surface area contributed by atoms with Gasteiger partial charge in [-0.15, -0.1) is 0 Å². The van der Waals surface area contributed by atoms with Crippen molar-refractivity contribution in [3.63, 3.8) is 0 Å². The predicted octanol–water partition coefficient (Wildman–Crippen LogP) is 3.23. The Labute approximate surface area is 114 Å². The quantitative estimate of drug-likeness (QED) is 0.898. The van der Waals surface area contributed by atoms with Gasteiger partial charge in [-0.3, -0.25) is 4.90 Å². The van der Waals surface area contributed by atoms with Crippen molar-refractivity contribution >= 4 is 11.6 Å². The van der Waals surface area contributed by atoms with Crippen molar-refractivity contribution in [2.45, 2.75) is 44.3 Å². The van der Waals surface area contributed by atoms with E-state index in [2.05, 4.69) is 29.3 Å². The van der Waals surface area contributed by atoms with Gasteiger partial charge in [-0.1, -0.05) is 23.7 Å². The van der Waals surface area contributed by atoms with Gasteiger partial charge in [-0.2, -0.15) is 0 Å². The van der Waals surface area contributed by atoms with Gasteiger partial charge in [0.1, 0.15) is 0 Å². The summed E-state index contributed by atoms with van der Waals surface area (Å²) in [6.07, 6.45) is 4.12. The first-order chi connectivity index (χ1) is 8.72. The van der Waals surface area contributed by atoms with Gasteiger partial charge in [0.2, 0.25) is 0 Å². The molecule has 1 aliphatic heterocycles. The molecule has 1 saturated carbocycles. The van der Waals surface area contributed by atoms with Crippen LogP contribution in [0.1, 0.15) is 37.8 Å². The Balaban J connectivity index is 1.54. The fourth-order valence-corrected chi connectivity index (χ4v) is 3.02. The Morgan fingerprint density at radius 3 is 2.61 bits per heavy atom. The van der Waals surface area contributed by atoms with Crippen LogP contribution in [0.15, 0.2) is 24.3 Å². The van der Waals surface area contributed by atoms with Gasteiger partial charge in [0.05, 0.1) is 0 Å². The van der Waals surface area contributed by atoms with E-state index in [4.69, 9.17) is 11.6 Å². The summed E-state index contributed by atoms with van der Waals surface area (Å²) in [5.41, 5.74) is 1.32. The zero-order chi connectivity index (χ0) is 12.5. The van der Waals surface area contributed by atoms with Crippen molar-refractivity contribution in [3.8, 4) is 0 Å². The van der Waals surface area contributed by atoms with E-state index in [0.29, 0.717) is 12.1 Å². The molecule has 0 spiro atoms. The van der Waals surface area contributed by atoms with E-state index in [-0.39, 0.29) is 0 Å². The molecule has 0 bridgehead atoms. The molecule has 0 amide bonds. The van der Waals surface area contributed by atoms with Crippen LogP contribution in [-0.2, 0) is 0 Å². The summed E-state index contributed by atoms with van der Waals surface area (Å²) < 4.78 is 0. The summed E-state index contributed by atoms with van der Waals surface area (Å²) in [5.74, 6) is 0. The number of hydrogen-bond acceptors (Lipinski definition) is 2. The predicted molar refractivity (Wildman–Crippen MR) is 76.0 cm³/mol. The lowest BCUT2D eigenvalue weighted by atomic mass is 10.1. The second-order valence-electron chi connectivity index (χ2n) is 5.65. The lowest BCUT2D eigenvalue weighted by molar-refractivity contribution is 0.313. The average Bonchev–Trinajstić information content (AvgIpc) is 3.11. The van der Waals surface area contributed by atoms with Crippen LogP contribution >= 0.6 is 11.6 Å². The van der Waals surface area contributed by atoms with Gasteiger partial charge < -0.3 is 5.32 Å². The molecular weight excluding hydrogens is 244 g/mol. The van der Waals surface area contributed by atoms with Gasteiger partial charge in [0, 0.05) is 36.2 Å². The summed E-state index contributed by atoms with van der Waals surface area (Å²) in [6, 6.07) is 10.1. The summed E-state index contributed by atoms with van der Waals surface area (Å²) >= 11 is 5.92. The lowest BCUT2D eigenvalue weighted by Gasteiger charge is -2.20. The van der Waals surface area contributed by atoms with Crippen LogP contribution < -0.4 is 5.32 Å². The van der Waals surface area contributed by atoms with E-state index in [9.17, 15) is 0 Å². The molecule has 2 atom stereocenters. The minimum atomic E-state index is 0.409. The van der Waals surface area contributed by atoms with E-state index in [1.54, 1.807) is 0 Å². The largest absolute Gasteiger partial charge is 0.306 e. The van der Waals surface area contributed by atoms with Crippen LogP contribution in [0.4, 0.5) is 0 Å². The monoisotopic (exact) mass is 264 g/mol. The van der Waals surface area contributed by atoms with E-state index in [1.807, 2.05) is 12.1 Å². The molecule has 3 rings (SSSR count). The third kappa shape index (κ3) is 2.87. The Morgan fingerprint density at radius 2 is 1.94 bits per heavy atom. The molecular formula is C15H21ClN2. The topological polar surface area (TPSA) is 15.3 Å². The van der Waals surface area contributed by atoms with Crippen LogP contribution in [0.3, 0.4) is 0 Å². The minimum Gasteiger partial charge on any atom is -0.306 e. The molecule has 2 aliphatic rings. The highest BCUT2D eigenvalue weighted by molar-refractivity contribution is 6.30. The first-order valence-electron chi connectivity index (χ1n) is 6.98.